The topological polar surface area (TPSA) is 129 Å². The monoisotopic (exact) mass is 472 g/mol. The highest BCUT2D eigenvalue weighted by Crippen LogP contribution is 2.43. The van der Waals surface area contributed by atoms with Gasteiger partial charge < -0.3 is 19.9 Å². The molecule has 1 saturated carbocycles. The van der Waals surface area contributed by atoms with Crippen molar-refractivity contribution in [2.24, 2.45) is 11.1 Å². The Balaban J connectivity index is 1.58. The minimum Gasteiger partial charge on any atom is -0.492 e. The standard InChI is InChI=1S/C23H32N6O3S/c1-3-7-28(2)13-16-10-18(11-16)29-14-20(21-22(24)26-15-27-23(21)29)17-5-4-6-19(12-17)32-8-9-33(25,30)31/h4-6,12,14-16,18H,3,7-11,13H2,1-2H3,(H2,24,26,27)(H2,25,30,31). The highest BCUT2D eigenvalue weighted by atomic mass is 32.2. The molecule has 10 heteroatoms. The van der Waals surface area contributed by atoms with Crippen LogP contribution in [0.15, 0.2) is 36.8 Å². The van der Waals surface area contributed by atoms with E-state index in [1.807, 2.05) is 18.2 Å². The molecule has 2 aromatic heterocycles. The summed E-state index contributed by atoms with van der Waals surface area (Å²) >= 11 is 0. The minimum absolute atomic E-state index is 0.00869. The van der Waals surface area contributed by atoms with E-state index < -0.39 is 10.0 Å². The van der Waals surface area contributed by atoms with Crippen molar-refractivity contribution in [2.75, 3.05) is 38.2 Å². The van der Waals surface area contributed by atoms with E-state index in [1.54, 1.807) is 6.07 Å². The molecule has 4 rings (SSSR count). The van der Waals surface area contributed by atoms with Crippen molar-refractivity contribution in [1.29, 1.82) is 0 Å². The van der Waals surface area contributed by atoms with Gasteiger partial charge >= 0.3 is 0 Å². The normalized spacial score (nSPS) is 18.5. The Hall–Kier alpha value is -2.69. The maximum absolute atomic E-state index is 11.2. The summed E-state index contributed by atoms with van der Waals surface area (Å²) in [7, 11) is -1.39. The molecule has 9 nitrogen and oxygen atoms in total. The van der Waals surface area contributed by atoms with Gasteiger partial charge in [0.2, 0.25) is 10.0 Å². The van der Waals surface area contributed by atoms with Gasteiger partial charge in [-0.2, -0.15) is 0 Å². The highest BCUT2D eigenvalue weighted by Gasteiger charge is 2.33. The maximum Gasteiger partial charge on any atom is 0.212 e. The zero-order valence-electron chi connectivity index (χ0n) is 19.1. The van der Waals surface area contributed by atoms with E-state index in [9.17, 15) is 8.42 Å². The molecule has 1 aliphatic rings. The molecule has 1 aliphatic carbocycles. The summed E-state index contributed by atoms with van der Waals surface area (Å²) in [6.07, 6.45) is 7.00. The number of primary sulfonamides is 1. The van der Waals surface area contributed by atoms with Gasteiger partial charge in [-0.1, -0.05) is 19.1 Å². The van der Waals surface area contributed by atoms with Crippen molar-refractivity contribution >= 4 is 26.9 Å². The van der Waals surface area contributed by atoms with E-state index in [0.29, 0.717) is 23.5 Å². The zero-order chi connectivity index (χ0) is 23.6. The lowest BCUT2D eigenvalue weighted by atomic mass is 9.79. The summed E-state index contributed by atoms with van der Waals surface area (Å²) in [5, 5.41) is 5.88. The smallest absolute Gasteiger partial charge is 0.212 e. The third kappa shape index (κ3) is 5.45. The van der Waals surface area contributed by atoms with E-state index in [4.69, 9.17) is 15.6 Å². The largest absolute Gasteiger partial charge is 0.492 e. The third-order valence-electron chi connectivity index (χ3n) is 6.20. The van der Waals surface area contributed by atoms with E-state index in [2.05, 4.69) is 39.6 Å². The summed E-state index contributed by atoms with van der Waals surface area (Å²) in [5.74, 6) is 1.44. The van der Waals surface area contributed by atoms with Crippen LogP contribution in [-0.2, 0) is 10.0 Å². The van der Waals surface area contributed by atoms with Crippen LogP contribution in [0.25, 0.3) is 22.2 Å². The van der Waals surface area contributed by atoms with Gasteiger partial charge in [0.15, 0.2) is 0 Å². The average Bonchev–Trinajstić information content (AvgIpc) is 3.10. The van der Waals surface area contributed by atoms with Gasteiger partial charge in [-0.25, -0.2) is 23.5 Å². The average molecular weight is 473 g/mol. The third-order valence-corrected chi connectivity index (χ3v) is 6.94. The van der Waals surface area contributed by atoms with Crippen molar-refractivity contribution < 1.29 is 13.2 Å². The number of ether oxygens (including phenoxy) is 1. The number of nitrogen functional groups attached to an aromatic ring is 1. The molecule has 0 unspecified atom stereocenters. The SMILES string of the molecule is CCCN(C)CC1CC(n2cc(-c3cccc(OCCS(N)(=O)=O)c3)c3c(N)ncnc32)C1. The molecule has 2 heterocycles. The number of nitrogens with zero attached hydrogens (tertiary/aromatic N) is 4. The number of nitrogens with two attached hydrogens (primary N) is 2. The number of benzene rings is 1. The molecular formula is C23H32N6O3S. The van der Waals surface area contributed by atoms with Gasteiger partial charge in [0.25, 0.3) is 0 Å². The molecule has 3 aromatic rings. The molecule has 33 heavy (non-hydrogen) atoms. The highest BCUT2D eigenvalue weighted by molar-refractivity contribution is 7.89. The molecule has 0 amide bonds. The first-order chi connectivity index (χ1) is 15.7. The van der Waals surface area contributed by atoms with Crippen molar-refractivity contribution in [3.05, 3.63) is 36.8 Å². The van der Waals surface area contributed by atoms with Crippen molar-refractivity contribution in [3.63, 3.8) is 0 Å². The number of sulfonamides is 1. The maximum atomic E-state index is 11.2. The summed E-state index contributed by atoms with van der Waals surface area (Å²) < 4.78 is 30.2. The Bertz CT molecular complexity index is 1220. The minimum atomic E-state index is -3.57. The predicted molar refractivity (Wildman–Crippen MR) is 130 cm³/mol. The van der Waals surface area contributed by atoms with E-state index in [-0.39, 0.29) is 12.4 Å². The van der Waals surface area contributed by atoms with Crippen molar-refractivity contribution in [1.82, 2.24) is 19.4 Å². The van der Waals surface area contributed by atoms with E-state index in [1.165, 1.54) is 12.7 Å². The van der Waals surface area contributed by atoms with Crippen molar-refractivity contribution in [3.8, 4) is 16.9 Å². The summed E-state index contributed by atoms with van der Waals surface area (Å²) in [6.45, 7) is 4.44. The van der Waals surface area contributed by atoms with Gasteiger partial charge in [-0.05, 0) is 56.5 Å². The summed E-state index contributed by atoms with van der Waals surface area (Å²) in [4.78, 5) is 11.2. The molecule has 0 bridgehead atoms. The van der Waals surface area contributed by atoms with Crippen LogP contribution in [-0.4, -0.2) is 60.3 Å². The van der Waals surface area contributed by atoms with Crippen LogP contribution in [0.5, 0.6) is 5.75 Å². The lowest BCUT2D eigenvalue weighted by molar-refractivity contribution is 0.146. The Labute approximate surface area is 194 Å². The van der Waals surface area contributed by atoms with Crippen LogP contribution in [0.1, 0.15) is 32.2 Å². The number of aromatic nitrogens is 3. The van der Waals surface area contributed by atoms with Crippen molar-refractivity contribution in [2.45, 2.75) is 32.2 Å². The molecule has 0 aliphatic heterocycles. The predicted octanol–water partition coefficient (Wildman–Crippen LogP) is 2.64. The van der Waals surface area contributed by atoms with Gasteiger partial charge in [-0.15, -0.1) is 0 Å². The lowest BCUT2D eigenvalue weighted by Gasteiger charge is -2.38. The van der Waals surface area contributed by atoms with E-state index >= 15 is 0 Å². The summed E-state index contributed by atoms with van der Waals surface area (Å²) in [6, 6.07) is 7.88. The Kier molecular flexibility index (Phi) is 6.87. The van der Waals surface area contributed by atoms with Crippen LogP contribution in [0.2, 0.25) is 0 Å². The number of fused-ring (bicyclic) bond motifs is 1. The van der Waals surface area contributed by atoms with Crippen LogP contribution < -0.4 is 15.6 Å². The number of anilines is 1. The van der Waals surface area contributed by atoms with E-state index in [0.717, 1.165) is 48.1 Å². The Morgan fingerprint density at radius 2 is 2.06 bits per heavy atom. The molecular weight excluding hydrogens is 440 g/mol. The molecule has 1 aromatic carbocycles. The van der Waals surface area contributed by atoms with Crippen LogP contribution in [0, 0.1) is 5.92 Å². The van der Waals surface area contributed by atoms with Crippen LogP contribution >= 0.6 is 0 Å². The molecule has 1 fully saturated rings. The first kappa shape index (κ1) is 23.5. The first-order valence-corrected chi connectivity index (χ1v) is 13.0. The number of rotatable bonds is 10. The molecule has 0 atom stereocenters. The van der Waals surface area contributed by atoms with Crippen LogP contribution in [0.3, 0.4) is 0 Å². The first-order valence-electron chi connectivity index (χ1n) is 11.3. The van der Waals surface area contributed by atoms with Gasteiger partial charge in [-0.3, -0.25) is 0 Å². The Morgan fingerprint density at radius 1 is 1.27 bits per heavy atom. The second kappa shape index (κ2) is 9.66. The molecule has 0 radical (unpaired) electrons. The molecule has 178 valence electrons. The van der Waals surface area contributed by atoms with Gasteiger partial charge in [0, 0.05) is 24.3 Å². The second-order valence-corrected chi connectivity index (χ2v) is 10.6. The molecule has 0 spiro atoms. The fourth-order valence-corrected chi connectivity index (χ4v) is 4.94. The fraction of sp³-hybridized carbons (Fsp3) is 0.478. The molecule has 4 N–H and O–H groups in total. The lowest BCUT2D eigenvalue weighted by Crippen LogP contribution is -2.35. The molecule has 0 saturated heterocycles. The number of hydrogen-bond donors (Lipinski definition) is 2. The Morgan fingerprint density at radius 3 is 2.79 bits per heavy atom. The quantitative estimate of drug-likeness (QED) is 0.464. The van der Waals surface area contributed by atoms with Gasteiger partial charge in [0.1, 0.15) is 30.1 Å². The fourth-order valence-electron chi connectivity index (χ4n) is 4.63. The zero-order valence-corrected chi connectivity index (χ0v) is 20.0. The second-order valence-electron chi connectivity index (χ2n) is 8.90. The van der Waals surface area contributed by atoms with Gasteiger partial charge in [0.05, 0.1) is 11.1 Å². The van der Waals surface area contributed by atoms with Crippen LogP contribution in [0.4, 0.5) is 5.82 Å². The summed E-state index contributed by atoms with van der Waals surface area (Å²) in [5.41, 5.74) is 8.96. The number of hydrogen-bond acceptors (Lipinski definition) is 7.